The Labute approximate surface area is 168 Å². The van der Waals surface area contributed by atoms with Crippen LogP contribution in [0.3, 0.4) is 0 Å². The lowest BCUT2D eigenvalue weighted by molar-refractivity contribution is 0.182. The minimum Gasteiger partial charge on any atom is -0.423 e. The second-order valence-corrected chi connectivity index (χ2v) is 9.30. The first-order valence-electron chi connectivity index (χ1n) is 9.44. The van der Waals surface area contributed by atoms with Gasteiger partial charge in [0.05, 0.1) is 0 Å². The van der Waals surface area contributed by atoms with E-state index in [1.54, 1.807) is 13.8 Å². The van der Waals surface area contributed by atoms with Crippen molar-refractivity contribution >= 4 is 21.0 Å². The molecule has 2 aromatic heterocycles. The standard InChI is InChI=1S/C20H23N3O5S/c1-13-4-5-17-16(11-19(24)27-18(17)10-13)12-22-6-8-23(9-7-22)29(25,26)20-14(2)21-28-15(20)3/h4-5,10-11H,6-9,12H2,1-3H3. The van der Waals surface area contributed by atoms with Gasteiger partial charge in [0.1, 0.15) is 16.2 Å². The first-order valence-corrected chi connectivity index (χ1v) is 10.9. The Balaban J connectivity index is 1.51. The fourth-order valence-corrected chi connectivity index (χ4v) is 5.52. The van der Waals surface area contributed by atoms with Crippen LogP contribution < -0.4 is 5.63 Å². The Bertz CT molecular complexity index is 1200. The summed E-state index contributed by atoms with van der Waals surface area (Å²) in [7, 11) is -3.64. The highest BCUT2D eigenvalue weighted by molar-refractivity contribution is 7.89. The van der Waals surface area contributed by atoms with Crippen molar-refractivity contribution in [3.05, 3.63) is 57.3 Å². The predicted molar refractivity (Wildman–Crippen MR) is 107 cm³/mol. The van der Waals surface area contributed by atoms with E-state index in [0.29, 0.717) is 49.8 Å². The van der Waals surface area contributed by atoms with Gasteiger partial charge < -0.3 is 8.94 Å². The monoisotopic (exact) mass is 417 g/mol. The van der Waals surface area contributed by atoms with Crippen LogP contribution in [0.4, 0.5) is 0 Å². The highest BCUT2D eigenvalue weighted by atomic mass is 32.2. The molecule has 0 amide bonds. The number of nitrogens with zero attached hydrogens (tertiary/aromatic N) is 3. The third-order valence-electron chi connectivity index (χ3n) is 5.28. The zero-order chi connectivity index (χ0) is 20.8. The summed E-state index contributed by atoms with van der Waals surface area (Å²) < 4.78 is 37.7. The third kappa shape index (κ3) is 3.73. The van der Waals surface area contributed by atoms with E-state index in [-0.39, 0.29) is 10.5 Å². The number of aryl methyl sites for hydroxylation is 3. The smallest absolute Gasteiger partial charge is 0.336 e. The molecule has 0 bridgehead atoms. The van der Waals surface area contributed by atoms with Crippen LogP contribution >= 0.6 is 0 Å². The Kier molecular flexibility index (Phi) is 5.05. The molecule has 4 rings (SSSR count). The van der Waals surface area contributed by atoms with Crippen LogP contribution in [0.25, 0.3) is 11.0 Å². The van der Waals surface area contributed by atoms with Gasteiger partial charge in [-0.05, 0) is 38.0 Å². The minimum atomic E-state index is -3.64. The van der Waals surface area contributed by atoms with Crippen molar-refractivity contribution in [2.24, 2.45) is 0 Å². The van der Waals surface area contributed by atoms with Crippen molar-refractivity contribution in [3.8, 4) is 0 Å². The van der Waals surface area contributed by atoms with Crippen molar-refractivity contribution in [2.45, 2.75) is 32.2 Å². The van der Waals surface area contributed by atoms with Gasteiger partial charge in [-0.25, -0.2) is 13.2 Å². The van der Waals surface area contributed by atoms with E-state index in [2.05, 4.69) is 10.1 Å². The van der Waals surface area contributed by atoms with Gasteiger partial charge >= 0.3 is 5.63 Å². The van der Waals surface area contributed by atoms with E-state index in [4.69, 9.17) is 8.94 Å². The summed E-state index contributed by atoms with van der Waals surface area (Å²) in [4.78, 5) is 14.3. The van der Waals surface area contributed by atoms with Crippen molar-refractivity contribution in [1.29, 1.82) is 0 Å². The molecule has 9 heteroatoms. The summed E-state index contributed by atoms with van der Waals surface area (Å²) in [5.74, 6) is 0.308. The molecule has 1 saturated heterocycles. The average Bonchev–Trinajstić information content (AvgIpc) is 3.00. The summed E-state index contributed by atoms with van der Waals surface area (Å²) in [6.45, 7) is 7.61. The molecule has 1 aromatic carbocycles. The summed E-state index contributed by atoms with van der Waals surface area (Å²) in [6, 6.07) is 7.32. The van der Waals surface area contributed by atoms with Gasteiger partial charge in [0.15, 0.2) is 5.76 Å². The molecule has 8 nitrogen and oxygen atoms in total. The van der Waals surface area contributed by atoms with Gasteiger partial charge in [0.25, 0.3) is 0 Å². The molecule has 0 radical (unpaired) electrons. The highest BCUT2D eigenvalue weighted by Gasteiger charge is 2.33. The summed E-state index contributed by atoms with van der Waals surface area (Å²) in [5.41, 5.74) is 2.49. The first kappa shape index (κ1) is 19.8. The maximum absolute atomic E-state index is 13.0. The molecular weight excluding hydrogens is 394 g/mol. The predicted octanol–water partition coefficient (Wildman–Crippen LogP) is 2.21. The van der Waals surface area contributed by atoms with Crippen LogP contribution in [0.2, 0.25) is 0 Å². The molecule has 1 aliphatic heterocycles. The fraction of sp³-hybridized carbons (Fsp3) is 0.400. The number of sulfonamides is 1. The van der Waals surface area contributed by atoms with Crippen LogP contribution in [-0.4, -0.2) is 49.0 Å². The molecule has 29 heavy (non-hydrogen) atoms. The Morgan fingerprint density at radius 2 is 1.79 bits per heavy atom. The molecule has 3 heterocycles. The molecule has 0 saturated carbocycles. The van der Waals surface area contributed by atoms with E-state index in [9.17, 15) is 13.2 Å². The van der Waals surface area contributed by atoms with Crippen LogP contribution in [-0.2, 0) is 16.6 Å². The SMILES string of the molecule is Cc1ccc2c(CN3CCN(S(=O)(=O)c4c(C)noc4C)CC3)cc(=O)oc2c1. The molecule has 0 N–H and O–H groups in total. The maximum Gasteiger partial charge on any atom is 0.336 e. The highest BCUT2D eigenvalue weighted by Crippen LogP contribution is 2.25. The lowest BCUT2D eigenvalue weighted by Gasteiger charge is -2.34. The molecule has 0 atom stereocenters. The fourth-order valence-electron chi connectivity index (χ4n) is 3.81. The Morgan fingerprint density at radius 1 is 1.07 bits per heavy atom. The minimum absolute atomic E-state index is 0.160. The number of aromatic nitrogens is 1. The zero-order valence-corrected chi connectivity index (χ0v) is 17.5. The van der Waals surface area contributed by atoms with Crippen molar-refractivity contribution in [2.75, 3.05) is 26.2 Å². The van der Waals surface area contributed by atoms with E-state index in [1.165, 1.54) is 10.4 Å². The Morgan fingerprint density at radius 3 is 2.45 bits per heavy atom. The molecule has 3 aromatic rings. The third-order valence-corrected chi connectivity index (χ3v) is 7.42. The summed E-state index contributed by atoms with van der Waals surface area (Å²) in [5, 5.41) is 4.67. The molecule has 0 spiro atoms. The largest absolute Gasteiger partial charge is 0.423 e. The second-order valence-electron chi connectivity index (χ2n) is 7.42. The first-order chi connectivity index (χ1) is 13.8. The topological polar surface area (TPSA) is 96.9 Å². The number of piperazine rings is 1. The van der Waals surface area contributed by atoms with Gasteiger partial charge in [-0.15, -0.1) is 0 Å². The molecule has 154 valence electrons. The van der Waals surface area contributed by atoms with Gasteiger partial charge in [0, 0.05) is 44.2 Å². The van der Waals surface area contributed by atoms with Crippen molar-refractivity contribution < 1.29 is 17.4 Å². The van der Waals surface area contributed by atoms with Crippen molar-refractivity contribution in [1.82, 2.24) is 14.4 Å². The number of hydrogen-bond acceptors (Lipinski definition) is 7. The number of rotatable bonds is 4. The van der Waals surface area contributed by atoms with Crippen LogP contribution in [0.5, 0.6) is 0 Å². The van der Waals surface area contributed by atoms with Gasteiger partial charge in [0.2, 0.25) is 10.0 Å². The lowest BCUT2D eigenvalue weighted by Crippen LogP contribution is -2.48. The van der Waals surface area contributed by atoms with Crippen molar-refractivity contribution in [3.63, 3.8) is 0 Å². The van der Waals surface area contributed by atoms with E-state index >= 15 is 0 Å². The Hall–Kier alpha value is -2.49. The normalized spacial score (nSPS) is 16.5. The van der Waals surface area contributed by atoms with Gasteiger partial charge in [-0.1, -0.05) is 17.3 Å². The van der Waals surface area contributed by atoms with Gasteiger partial charge in [-0.2, -0.15) is 4.31 Å². The summed E-state index contributed by atoms with van der Waals surface area (Å²) in [6.07, 6.45) is 0. The summed E-state index contributed by atoms with van der Waals surface area (Å²) >= 11 is 0. The number of benzene rings is 1. The molecule has 1 aliphatic rings. The zero-order valence-electron chi connectivity index (χ0n) is 16.6. The molecular formula is C20H23N3O5S. The number of hydrogen-bond donors (Lipinski definition) is 0. The molecule has 0 aliphatic carbocycles. The van der Waals surface area contributed by atoms with Crippen LogP contribution in [0.1, 0.15) is 22.6 Å². The molecule has 0 unspecified atom stereocenters. The van der Waals surface area contributed by atoms with E-state index < -0.39 is 10.0 Å². The van der Waals surface area contributed by atoms with Crippen LogP contribution in [0, 0.1) is 20.8 Å². The van der Waals surface area contributed by atoms with E-state index in [1.807, 2.05) is 25.1 Å². The second kappa shape index (κ2) is 7.40. The van der Waals surface area contributed by atoms with E-state index in [0.717, 1.165) is 16.5 Å². The maximum atomic E-state index is 13.0. The number of fused-ring (bicyclic) bond motifs is 1. The average molecular weight is 417 g/mol. The lowest BCUT2D eigenvalue weighted by atomic mass is 10.1. The van der Waals surface area contributed by atoms with Gasteiger partial charge in [-0.3, -0.25) is 4.90 Å². The molecule has 1 fully saturated rings. The quantitative estimate of drug-likeness (QED) is 0.601. The van der Waals surface area contributed by atoms with Crippen LogP contribution in [0.15, 0.2) is 42.9 Å².